The number of hydrogen-bond donors (Lipinski definition) is 1. The van der Waals surface area contributed by atoms with Crippen molar-refractivity contribution in [1.82, 2.24) is 14.8 Å². The van der Waals surface area contributed by atoms with Crippen molar-refractivity contribution in [2.75, 3.05) is 19.5 Å². The Kier molecular flexibility index (Phi) is 4.12. The fourth-order valence-electron chi connectivity index (χ4n) is 3.04. The first kappa shape index (κ1) is 16.3. The van der Waals surface area contributed by atoms with E-state index in [9.17, 15) is 0 Å². The Bertz CT molecular complexity index is 944. The molecule has 0 spiro atoms. The molecule has 1 aliphatic rings. The molecule has 1 aliphatic heterocycles. The summed E-state index contributed by atoms with van der Waals surface area (Å²) in [5.74, 6) is 3.59. The first-order valence-electron chi connectivity index (χ1n) is 8.43. The number of allylic oxidation sites excluding steroid dienone is 1. The largest absolute Gasteiger partial charge is 0.493 e. The van der Waals surface area contributed by atoms with Gasteiger partial charge in [0.2, 0.25) is 5.95 Å². The highest BCUT2D eigenvalue weighted by atomic mass is 16.5. The Morgan fingerprint density at radius 1 is 1.19 bits per heavy atom. The number of rotatable bonds is 5. The molecule has 4 rings (SSSR count). The fourth-order valence-corrected chi connectivity index (χ4v) is 3.04. The van der Waals surface area contributed by atoms with Crippen LogP contribution in [-0.2, 0) is 6.42 Å². The number of furan rings is 1. The monoisotopic (exact) mass is 352 g/mol. The summed E-state index contributed by atoms with van der Waals surface area (Å²) in [7, 11) is 3.25. The number of hydrogen-bond acceptors (Lipinski definition) is 6. The quantitative estimate of drug-likeness (QED) is 0.757. The van der Waals surface area contributed by atoms with E-state index in [1.165, 1.54) is 0 Å². The lowest BCUT2D eigenvalue weighted by Gasteiger charge is -2.24. The number of ether oxygens (including phenoxy) is 2. The molecule has 26 heavy (non-hydrogen) atoms. The summed E-state index contributed by atoms with van der Waals surface area (Å²) < 4.78 is 18.2. The van der Waals surface area contributed by atoms with Gasteiger partial charge in [-0.15, -0.1) is 0 Å². The zero-order valence-electron chi connectivity index (χ0n) is 14.9. The summed E-state index contributed by atoms with van der Waals surface area (Å²) in [5.41, 5.74) is 1.87. The Morgan fingerprint density at radius 2 is 2.04 bits per heavy atom. The van der Waals surface area contributed by atoms with Crippen LogP contribution in [0.1, 0.15) is 30.1 Å². The topological polar surface area (TPSA) is 74.3 Å². The summed E-state index contributed by atoms with van der Waals surface area (Å²) >= 11 is 0. The molecular formula is C19H20N4O3. The predicted molar refractivity (Wildman–Crippen MR) is 97.4 cm³/mol. The Labute approximate surface area is 151 Å². The van der Waals surface area contributed by atoms with Crippen LogP contribution in [0.5, 0.6) is 11.5 Å². The zero-order valence-corrected chi connectivity index (χ0v) is 14.9. The second kappa shape index (κ2) is 6.59. The number of benzene rings is 1. The fraction of sp³-hybridized carbons (Fsp3) is 0.263. The van der Waals surface area contributed by atoms with Crippen molar-refractivity contribution in [2.45, 2.75) is 19.4 Å². The number of methoxy groups -OCH3 is 2. The van der Waals surface area contributed by atoms with E-state index >= 15 is 0 Å². The number of nitrogens with zero attached hydrogens (tertiary/aromatic N) is 3. The summed E-state index contributed by atoms with van der Waals surface area (Å²) in [5, 5.41) is 7.94. The van der Waals surface area contributed by atoms with Crippen molar-refractivity contribution in [2.24, 2.45) is 0 Å². The van der Waals surface area contributed by atoms with E-state index < -0.39 is 0 Å². The average molecular weight is 352 g/mol. The summed E-state index contributed by atoms with van der Waals surface area (Å²) in [6, 6.07) is 9.50. The minimum Gasteiger partial charge on any atom is -0.493 e. The van der Waals surface area contributed by atoms with Gasteiger partial charge in [-0.05, 0) is 35.9 Å². The molecule has 1 N–H and O–H groups in total. The lowest BCUT2D eigenvalue weighted by atomic mass is 10.0. The number of fused-ring (bicyclic) bond motifs is 1. The van der Waals surface area contributed by atoms with Crippen LogP contribution >= 0.6 is 0 Å². The molecule has 1 aromatic carbocycles. The summed E-state index contributed by atoms with van der Waals surface area (Å²) in [6.07, 6.45) is 4.48. The van der Waals surface area contributed by atoms with Crippen molar-refractivity contribution >= 4 is 11.6 Å². The van der Waals surface area contributed by atoms with E-state index in [2.05, 4.69) is 21.5 Å². The van der Waals surface area contributed by atoms with Gasteiger partial charge in [0.1, 0.15) is 11.8 Å². The molecule has 0 fully saturated rings. The van der Waals surface area contributed by atoms with Crippen molar-refractivity contribution in [3.63, 3.8) is 0 Å². The maximum absolute atomic E-state index is 5.55. The van der Waals surface area contributed by atoms with Gasteiger partial charge < -0.3 is 19.2 Å². The third kappa shape index (κ3) is 2.71. The van der Waals surface area contributed by atoms with Crippen molar-refractivity contribution in [1.29, 1.82) is 0 Å². The molecule has 0 amide bonds. The lowest BCUT2D eigenvalue weighted by Crippen LogP contribution is -2.20. The van der Waals surface area contributed by atoms with Gasteiger partial charge in [-0.1, -0.05) is 13.0 Å². The van der Waals surface area contributed by atoms with Gasteiger partial charge in [0, 0.05) is 6.42 Å². The number of aryl methyl sites for hydroxylation is 1. The molecule has 0 aliphatic carbocycles. The van der Waals surface area contributed by atoms with Crippen LogP contribution in [0.4, 0.5) is 5.95 Å². The predicted octanol–water partition coefficient (Wildman–Crippen LogP) is 3.51. The molecule has 3 heterocycles. The second-order valence-corrected chi connectivity index (χ2v) is 5.89. The van der Waals surface area contributed by atoms with Gasteiger partial charge in [-0.2, -0.15) is 10.1 Å². The number of anilines is 1. The van der Waals surface area contributed by atoms with Gasteiger partial charge >= 0.3 is 0 Å². The Hall–Kier alpha value is -3.22. The maximum atomic E-state index is 5.55. The Morgan fingerprint density at radius 3 is 2.73 bits per heavy atom. The molecule has 2 aromatic heterocycles. The molecule has 7 nitrogen and oxygen atoms in total. The van der Waals surface area contributed by atoms with E-state index in [0.29, 0.717) is 17.4 Å². The maximum Gasteiger partial charge on any atom is 0.226 e. The van der Waals surface area contributed by atoms with E-state index in [-0.39, 0.29) is 6.04 Å². The van der Waals surface area contributed by atoms with Crippen molar-refractivity contribution in [3.05, 3.63) is 59.8 Å². The first-order valence-corrected chi connectivity index (χ1v) is 8.43. The molecule has 1 atom stereocenters. The van der Waals surface area contributed by atoms with Crippen molar-refractivity contribution < 1.29 is 13.9 Å². The van der Waals surface area contributed by atoms with Crippen LogP contribution in [0.3, 0.4) is 0 Å². The molecule has 134 valence electrons. The minimum absolute atomic E-state index is 0.140. The van der Waals surface area contributed by atoms with Crippen LogP contribution in [-0.4, -0.2) is 29.0 Å². The smallest absolute Gasteiger partial charge is 0.226 e. The molecular weight excluding hydrogens is 332 g/mol. The minimum atomic E-state index is -0.140. The summed E-state index contributed by atoms with van der Waals surface area (Å²) in [4.78, 5) is 4.58. The first-order chi connectivity index (χ1) is 12.7. The van der Waals surface area contributed by atoms with E-state index in [1.54, 1.807) is 20.5 Å². The average Bonchev–Trinajstić information content (AvgIpc) is 3.35. The number of nitrogens with one attached hydrogen (secondary N) is 1. The highest BCUT2D eigenvalue weighted by Gasteiger charge is 2.26. The van der Waals surface area contributed by atoms with Gasteiger partial charge in [-0.25, -0.2) is 4.68 Å². The van der Waals surface area contributed by atoms with Crippen LogP contribution in [0, 0.1) is 0 Å². The molecule has 0 saturated heterocycles. The van der Waals surface area contributed by atoms with E-state index in [0.717, 1.165) is 29.3 Å². The molecule has 0 unspecified atom stereocenters. The lowest BCUT2D eigenvalue weighted by molar-refractivity contribution is 0.354. The van der Waals surface area contributed by atoms with E-state index in [1.807, 2.05) is 41.9 Å². The normalized spacial score (nSPS) is 15.8. The van der Waals surface area contributed by atoms with Gasteiger partial charge in [0.15, 0.2) is 17.3 Å². The molecule has 0 saturated carbocycles. The van der Waals surface area contributed by atoms with Crippen LogP contribution < -0.4 is 14.8 Å². The van der Waals surface area contributed by atoms with Gasteiger partial charge in [0.25, 0.3) is 0 Å². The molecule has 0 radical (unpaired) electrons. The van der Waals surface area contributed by atoms with Crippen LogP contribution in [0.15, 0.2) is 47.1 Å². The van der Waals surface area contributed by atoms with Crippen molar-refractivity contribution in [3.8, 4) is 11.5 Å². The SMILES string of the molecule is CCc1nc2n(n1)[C@H](c1ccc(OC)c(OC)c1)C=C(c1ccco1)N2. The highest BCUT2D eigenvalue weighted by molar-refractivity contribution is 5.74. The third-order valence-electron chi connectivity index (χ3n) is 4.36. The third-order valence-corrected chi connectivity index (χ3v) is 4.36. The van der Waals surface area contributed by atoms with E-state index in [4.69, 9.17) is 13.9 Å². The van der Waals surface area contributed by atoms with Gasteiger partial charge in [-0.3, -0.25) is 0 Å². The zero-order chi connectivity index (χ0) is 18.1. The summed E-state index contributed by atoms with van der Waals surface area (Å²) in [6.45, 7) is 2.04. The number of aromatic nitrogens is 3. The van der Waals surface area contributed by atoms with Crippen LogP contribution in [0.2, 0.25) is 0 Å². The highest BCUT2D eigenvalue weighted by Crippen LogP contribution is 2.36. The van der Waals surface area contributed by atoms with Gasteiger partial charge in [0.05, 0.1) is 26.2 Å². The molecule has 0 bridgehead atoms. The Balaban J connectivity index is 1.83. The van der Waals surface area contributed by atoms with Crippen LogP contribution in [0.25, 0.3) is 5.70 Å². The standard InChI is InChI=1S/C19H20N4O3/c1-4-18-21-19-20-13(15-6-5-9-26-15)11-14(23(19)22-18)12-7-8-16(24-2)17(10-12)25-3/h5-11,14H,4H2,1-3H3,(H,20,21,22)/t14-/m0/s1. The second-order valence-electron chi connectivity index (χ2n) is 5.89. The molecule has 7 heteroatoms. The molecule has 3 aromatic rings.